The molecular formula is C15H22N2O3Si. The molecule has 0 bridgehead atoms. The van der Waals surface area contributed by atoms with Crippen molar-refractivity contribution in [2.75, 3.05) is 0 Å². The number of aromatic nitrogens is 2. The molecule has 0 aliphatic carbocycles. The maximum absolute atomic E-state index is 10.8. The number of benzene rings is 1. The standard InChI is InChI=1S/C15H22N2O3Si/c1-15(2,3)21(4,5)20-12-6-7-13-11(8-12)9-16-17(13)10-14(18)19/h6-9H,10H2,1-5H3,(H,18,19). The van der Waals surface area contributed by atoms with Gasteiger partial charge in [-0.3, -0.25) is 9.48 Å². The van der Waals surface area contributed by atoms with Crippen LogP contribution in [-0.4, -0.2) is 29.2 Å². The Morgan fingerprint density at radius 3 is 2.62 bits per heavy atom. The van der Waals surface area contributed by atoms with Crippen molar-refractivity contribution in [3.05, 3.63) is 24.4 Å². The molecule has 2 aromatic rings. The van der Waals surface area contributed by atoms with Crippen molar-refractivity contribution >= 4 is 25.2 Å². The van der Waals surface area contributed by atoms with Gasteiger partial charge in [-0.15, -0.1) is 0 Å². The highest BCUT2D eigenvalue weighted by atomic mass is 28.4. The summed E-state index contributed by atoms with van der Waals surface area (Å²) in [5, 5.41) is 14.0. The average Bonchev–Trinajstić information content (AvgIpc) is 2.69. The molecule has 0 saturated heterocycles. The number of nitrogens with zero attached hydrogens (tertiary/aromatic N) is 2. The van der Waals surface area contributed by atoms with E-state index >= 15 is 0 Å². The van der Waals surface area contributed by atoms with Gasteiger partial charge in [0.05, 0.1) is 11.7 Å². The van der Waals surface area contributed by atoms with Gasteiger partial charge in [-0.1, -0.05) is 20.8 Å². The van der Waals surface area contributed by atoms with Gasteiger partial charge >= 0.3 is 5.97 Å². The molecule has 0 radical (unpaired) electrons. The summed E-state index contributed by atoms with van der Waals surface area (Å²) >= 11 is 0. The van der Waals surface area contributed by atoms with Gasteiger partial charge in [0.25, 0.3) is 0 Å². The van der Waals surface area contributed by atoms with E-state index in [1.54, 1.807) is 6.20 Å². The van der Waals surface area contributed by atoms with Crippen molar-refractivity contribution in [2.45, 2.75) is 45.4 Å². The van der Waals surface area contributed by atoms with Crippen molar-refractivity contribution in [3.8, 4) is 5.75 Å². The van der Waals surface area contributed by atoms with E-state index in [4.69, 9.17) is 9.53 Å². The summed E-state index contributed by atoms with van der Waals surface area (Å²) in [7, 11) is -1.87. The minimum absolute atomic E-state index is 0.133. The zero-order chi connectivity index (χ0) is 15.8. The molecule has 6 heteroatoms. The van der Waals surface area contributed by atoms with Crippen LogP contribution < -0.4 is 4.43 Å². The quantitative estimate of drug-likeness (QED) is 0.878. The molecule has 21 heavy (non-hydrogen) atoms. The van der Waals surface area contributed by atoms with Crippen molar-refractivity contribution in [1.29, 1.82) is 0 Å². The van der Waals surface area contributed by atoms with Crippen molar-refractivity contribution in [3.63, 3.8) is 0 Å². The van der Waals surface area contributed by atoms with Crippen LogP contribution in [0.3, 0.4) is 0 Å². The Balaban J connectivity index is 2.30. The Morgan fingerprint density at radius 2 is 2.05 bits per heavy atom. The molecule has 0 amide bonds. The van der Waals surface area contributed by atoms with Gasteiger partial charge < -0.3 is 9.53 Å². The summed E-state index contributed by atoms with van der Waals surface area (Å²) in [6.45, 7) is 10.9. The predicted octanol–water partition coefficient (Wildman–Crippen LogP) is 3.50. The topological polar surface area (TPSA) is 64.4 Å². The zero-order valence-corrected chi connectivity index (χ0v) is 14.2. The number of carboxylic acid groups (broad SMARTS) is 1. The van der Waals surface area contributed by atoms with Crippen molar-refractivity contribution in [2.24, 2.45) is 0 Å². The molecule has 0 atom stereocenters. The normalized spacial score (nSPS) is 12.6. The molecule has 0 spiro atoms. The largest absolute Gasteiger partial charge is 0.543 e. The number of carboxylic acids is 1. The Labute approximate surface area is 125 Å². The maximum Gasteiger partial charge on any atom is 0.325 e. The molecule has 0 aliphatic heterocycles. The first kappa shape index (κ1) is 15.6. The maximum atomic E-state index is 10.8. The molecule has 1 aromatic heterocycles. The molecule has 0 aliphatic rings. The fraction of sp³-hybridized carbons (Fsp3) is 0.467. The molecule has 1 N–H and O–H groups in total. The van der Waals surface area contributed by atoms with E-state index in [9.17, 15) is 4.79 Å². The smallest absolute Gasteiger partial charge is 0.325 e. The highest BCUT2D eigenvalue weighted by Crippen LogP contribution is 2.37. The first-order valence-corrected chi connectivity index (χ1v) is 9.87. The molecule has 114 valence electrons. The summed E-state index contributed by atoms with van der Waals surface area (Å²) in [5.41, 5.74) is 0.806. The van der Waals surface area contributed by atoms with E-state index < -0.39 is 14.3 Å². The molecule has 0 saturated carbocycles. The van der Waals surface area contributed by atoms with E-state index in [1.807, 2.05) is 18.2 Å². The monoisotopic (exact) mass is 306 g/mol. The highest BCUT2D eigenvalue weighted by molar-refractivity contribution is 6.74. The van der Waals surface area contributed by atoms with Gasteiger partial charge in [-0.2, -0.15) is 5.10 Å². The molecule has 0 fully saturated rings. The third-order valence-corrected chi connectivity index (χ3v) is 8.44. The Hall–Kier alpha value is -1.82. The van der Waals surface area contributed by atoms with Crippen LogP contribution in [0.25, 0.3) is 10.9 Å². The molecule has 2 rings (SSSR count). The Bertz CT molecular complexity index is 671. The van der Waals surface area contributed by atoms with Gasteiger partial charge in [0.2, 0.25) is 8.32 Å². The molecule has 1 aromatic carbocycles. The van der Waals surface area contributed by atoms with Crippen LogP contribution in [0.4, 0.5) is 0 Å². The number of fused-ring (bicyclic) bond motifs is 1. The van der Waals surface area contributed by atoms with Gasteiger partial charge in [0.15, 0.2) is 0 Å². The highest BCUT2D eigenvalue weighted by Gasteiger charge is 2.38. The minimum atomic E-state index is -1.87. The number of hydrogen-bond donors (Lipinski definition) is 1. The van der Waals surface area contributed by atoms with Crippen LogP contribution in [0.1, 0.15) is 20.8 Å². The van der Waals surface area contributed by atoms with Crippen molar-refractivity contribution < 1.29 is 14.3 Å². The average molecular weight is 306 g/mol. The van der Waals surface area contributed by atoms with Crippen molar-refractivity contribution in [1.82, 2.24) is 9.78 Å². The summed E-state index contributed by atoms with van der Waals surface area (Å²) in [6.07, 6.45) is 1.68. The van der Waals surface area contributed by atoms with E-state index in [0.717, 1.165) is 16.7 Å². The second kappa shape index (κ2) is 5.18. The lowest BCUT2D eigenvalue weighted by molar-refractivity contribution is -0.137. The third kappa shape index (κ3) is 3.26. The zero-order valence-electron chi connectivity index (χ0n) is 13.2. The predicted molar refractivity (Wildman–Crippen MR) is 85.2 cm³/mol. The number of aliphatic carboxylic acids is 1. The third-order valence-electron chi connectivity index (χ3n) is 4.08. The Kier molecular flexibility index (Phi) is 3.84. The van der Waals surface area contributed by atoms with Crippen LogP contribution >= 0.6 is 0 Å². The lowest BCUT2D eigenvalue weighted by Gasteiger charge is -2.36. The van der Waals surface area contributed by atoms with Gasteiger partial charge in [-0.25, -0.2) is 0 Å². The SMILES string of the molecule is CC(C)(C)[Si](C)(C)Oc1ccc2c(cnn2CC(=O)O)c1. The van der Waals surface area contributed by atoms with Crippen LogP contribution in [0.15, 0.2) is 24.4 Å². The molecule has 0 unspecified atom stereocenters. The van der Waals surface area contributed by atoms with Crippen LogP contribution in [0, 0.1) is 0 Å². The molecule has 1 heterocycles. The van der Waals surface area contributed by atoms with Gasteiger partial charge in [0, 0.05) is 5.39 Å². The van der Waals surface area contributed by atoms with E-state index in [0.29, 0.717) is 0 Å². The fourth-order valence-corrected chi connectivity index (χ4v) is 2.85. The van der Waals surface area contributed by atoms with Crippen LogP contribution in [0.5, 0.6) is 5.75 Å². The number of carbonyl (C=O) groups is 1. The number of rotatable bonds is 4. The summed E-state index contributed by atoms with van der Waals surface area (Å²) in [4.78, 5) is 10.8. The first-order chi connectivity index (χ1) is 9.60. The molecule has 5 nitrogen and oxygen atoms in total. The first-order valence-electron chi connectivity index (χ1n) is 6.96. The molecular weight excluding hydrogens is 284 g/mol. The minimum Gasteiger partial charge on any atom is -0.543 e. The van der Waals surface area contributed by atoms with Crippen LogP contribution in [-0.2, 0) is 11.3 Å². The summed E-state index contributed by atoms with van der Waals surface area (Å²) in [5.74, 6) is -0.0782. The lowest BCUT2D eigenvalue weighted by atomic mass is 10.2. The van der Waals surface area contributed by atoms with Gasteiger partial charge in [0.1, 0.15) is 12.3 Å². The van der Waals surface area contributed by atoms with Crippen LogP contribution in [0.2, 0.25) is 18.1 Å². The summed E-state index contributed by atoms with van der Waals surface area (Å²) < 4.78 is 7.73. The second-order valence-corrected chi connectivity index (χ2v) is 11.5. The second-order valence-electron chi connectivity index (χ2n) is 6.78. The Morgan fingerprint density at radius 1 is 1.38 bits per heavy atom. The number of hydrogen-bond acceptors (Lipinski definition) is 3. The van der Waals surface area contributed by atoms with E-state index in [2.05, 4.69) is 39.0 Å². The fourth-order valence-electron chi connectivity index (χ4n) is 1.83. The lowest BCUT2D eigenvalue weighted by Crippen LogP contribution is -2.43. The summed E-state index contributed by atoms with van der Waals surface area (Å²) in [6, 6.07) is 5.69. The van der Waals surface area contributed by atoms with E-state index in [-0.39, 0.29) is 11.6 Å². The van der Waals surface area contributed by atoms with E-state index in [1.165, 1.54) is 4.68 Å². The van der Waals surface area contributed by atoms with Gasteiger partial charge in [-0.05, 0) is 36.3 Å².